The molecule has 0 spiro atoms. The number of nitrogens with one attached hydrogen (secondary N) is 1. The lowest BCUT2D eigenvalue weighted by molar-refractivity contribution is -0.605. The highest BCUT2D eigenvalue weighted by Gasteiger charge is 2.13. The predicted molar refractivity (Wildman–Crippen MR) is 94.9 cm³/mol. The lowest BCUT2D eigenvalue weighted by atomic mass is 10.1. The molecule has 1 aromatic carbocycles. The molecule has 0 amide bonds. The van der Waals surface area contributed by atoms with E-state index in [1.165, 1.54) is 30.7 Å². The zero-order chi connectivity index (χ0) is 17.6. The number of hydrogen-bond acceptors (Lipinski definition) is 5. The molecule has 0 aliphatic heterocycles. The Kier molecular flexibility index (Phi) is 4.66. The van der Waals surface area contributed by atoms with Gasteiger partial charge in [0, 0.05) is 29.6 Å². The van der Waals surface area contributed by atoms with Gasteiger partial charge in [0.05, 0.1) is 4.92 Å². The average molecular weight is 334 g/mol. The predicted octanol–water partition coefficient (Wildman–Crippen LogP) is 3.54. The van der Waals surface area contributed by atoms with Gasteiger partial charge in [-0.15, -0.1) is 0 Å². The van der Waals surface area contributed by atoms with E-state index < -0.39 is 4.92 Å². The first kappa shape index (κ1) is 16.1. The Morgan fingerprint density at radius 2 is 1.88 bits per heavy atom. The van der Waals surface area contributed by atoms with Crippen LogP contribution < -0.4 is 10.0 Å². The third kappa shape index (κ3) is 4.17. The molecule has 3 aromatic rings. The molecule has 0 aliphatic rings. The second-order valence-corrected chi connectivity index (χ2v) is 5.21. The van der Waals surface area contributed by atoms with Gasteiger partial charge in [-0.1, -0.05) is 18.2 Å². The van der Waals surface area contributed by atoms with Crippen LogP contribution >= 0.6 is 0 Å². The molecule has 3 rings (SSSR count). The highest BCUT2D eigenvalue weighted by Crippen LogP contribution is 2.25. The van der Waals surface area contributed by atoms with Crippen molar-refractivity contribution in [1.29, 1.82) is 0 Å². The summed E-state index contributed by atoms with van der Waals surface area (Å²) in [6.45, 7) is 0. The van der Waals surface area contributed by atoms with Gasteiger partial charge in [-0.25, -0.2) is 4.98 Å². The molecule has 7 heteroatoms. The van der Waals surface area contributed by atoms with Gasteiger partial charge in [-0.2, -0.15) is 4.73 Å². The summed E-state index contributed by atoms with van der Waals surface area (Å²) >= 11 is 0. The summed E-state index contributed by atoms with van der Waals surface area (Å²) in [5.41, 5.74) is 2.24. The van der Waals surface area contributed by atoms with Crippen molar-refractivity contribution in [3.8, 4) is 0 Å². The standard InChI is InChI=1S/C18H14N4O3/c23-21-11-3-5-15(13-21)9-8-14-4-1-6-16(12-14)20-18-17(22(24)25)7-2-10-19-18/h1-13H,(H,19,20)/b9-8+. The van der Waals surface area contributed by atoms with E-state index in [1.807, 2.05) is 36.4 Å². The summed E-state index contributed by atoms with van der Waals surface area (Å²) in [5.74, 6) is 0.184. The van der Waals surface area contributed by atoms with Crippen molar-refractivity contribution >= 4 is 29.3 Å². The van der Waals surface area contributed by atoms with Gasteiger partial charge >= 0.3 is 5.69 Å². The number of rotatable bonds is 5. The summed E-state index contributed by atoms with van der Waals surface area (Å²) < 4.78 is 0.734. The largest absolute Gasteiger partial charge is 0.619 e. The Labute approximate surface area is 143 Å². The van der Waals surface area contributed by atoms with Gasteiger partial charge in [0.15, 0.2) is 12.4 Å². The number of hydrogen-bond donors (Lipinski definition) is 1. The first-order valence-electron chi connectivity index (χ1n) is 7.45. The first-order valence-corrected chi connectivity index (χ1v) is 7.45. The van der Waals surface area contributed by atoms with Crippen LogP contribution in [0.3, 0.4) is 0 Å². The molecule has 7 nitrogen and oxygen atoms in total. The normalized spacial score (nSPS) is 10.7. The van der Waals surface area contributed by atoms with Crippen LogP contribution in [0.1, 0.15) is 11.1 Å². The van der Waals surface area contributed by atoms with Crippen molar-refractivity contribution in [1.82, 2.24) is 4.98 Å². The van der Waals surface area contributed by atoms with E-state index in [0.29, 0.717) is 5.69 Å². The molecule has 0 fully saturated rings. The van der Waals surface area contributed by atoms with Crippen LogP contribution in [-0.4, -0.2) is 9.91 Å². The number of anilines is 2. The van der Waals surface area contributed by atoms with Crippen molar-refractivity contribution in [2.24, 2.45) is 0 Å². The zero-order valence-corrected chi connectivity index (χ0v) is 13.1. The quantitative estimate of drug-likeness (QED) is 0.333. The molecule has 0 bridgehead atoms. The maximum atomic E-state index is 11.3. The van der Waals surface area contributed by atoms with Gasteiger partial charge in [-0.3, -0.25) is 10.1 Å². The fraction of sp³-hybridized carbons (Fsp3) is 0. The lowest BCUT2D eigenvalue weighted by Crippen LogP contribution is -2.24. The van der Waals surface area contributed by atoms with Crippen molar-refractivity contribution < 1.29 is 9.65 Å². The molecule has 0 saturated carbocycles. The highest BCUT2D eigenvalue weighted by molar-refractivity contribution is 5.73. The molecule has 0 radical (unpaired) electrons. The minimum Gasteiger partial charge on any atom is -0.619 e. The topological polar surface area (TPSA) is 95.0 Å². The fourth-order valence-electron chi connectivity index (χ4n) is 2.26. The monoisotopic (exact) mass is 334 g/mol. The molecule has 124 valence electrons. The molecule has 1 N–H and O–H groups in total. The third-order valence-electron chi connectivity index (χ3n) is 3.40. The smallest absolute Gasteiger partial charge is 0.311 e. The van der Waals surface area contributed by atoms with Crippen LogP contribution in [0.25, 0.3) is 12.2 Å². The molecular weight excluding hydrogens is 320 g/mol. The number of nitrogens with zero attached hydrogens (tertiary/aromatic N) is 3. The summed E-state index contributed by atoms with van der Waals surface area (Å²) in [4.78, 5) is 14.6. The third-order valence-corrected chi connectivity index (χ3v) is 3.40. The van der Waals surface area contributed by atoms with Gasteiger partial charge < -0.3 is 10.5 Å². The minimum absolute atomic E-state index is 0.0901. The number of pyridine rings is 2. The molecule has 0 unspecified atom stereocenters. The molecular formula is C18H14N4O3. The molecule has 2 aromatic heterocycles. The van der Waals surface area contributed by atoms with E-state index in [1.54, 1.807) is 12.1 Å². The molecule has 0 aliphatic carbocycles. The number of benzene rings is 1. The van der Waals surface area contributed by atoms with Crippen LogP contribution in [0.4, 0.5) is 17.2 Å². The second-order valence-electron chi connectivity index (χ2n) is 5.21. The number of aromatic nitrogens is 2. The van der Waals surface area contributed by atoms with Crippen molar-refractivity contribution in [2.75, 3.05) is 5.32 Å². The SMILES string of the molecule is O=[N+]([O-])c1cccnc1Nc1cccc(/C=C/c2ccc[n+]([O-])c2)c1. The minimum atomic E-state index is -0.479. The Morgan fingerprint density at radius 1 is 1.08 bits per heavy atom. The average Bonchev–Trinajstić information content (AvgIpc) is 2.61. The summed E-state index contributed by atoms with van der Waals surface area (Å²) in [7, 11) is 0. The van der Waals surface area contributed by atoms with Crippen molar-refractivity contribution in [3.05, 3.63) is 93.6 Å². The van der Waals surface area contributed by atoms with Crippen LogP contribution in [0.5, 0.6) is 0 Å². The summed E-state index contributed by atoms with van der Waals surface area (Å²) in [6.07, 6.45) is 8.05. The Bertz CT molecular complexity index is 941. The van der Waals surface area contributed by atoms with Crippen LogP contribution in [0, 0.1) is 15.3 Å². The van der Waals surface area contributed by atoms with Gasteiger partial charge in [0.25, 0.3) is 0 Å². The van der Waals surface area contributed by atoms with Crippen LogP contribution in [0.2, 0.25) is 0 Å². The molecule has 25 heavy (non-hydrogen) atoms. The van der Waals surface area contributed by atoms with E-state index >= 15 is 0 Å². The van der Waals surface area contributed by atoms with Gasteiger partial charge in [0.1, 0.15) is 0 Å². The summed E-state index contributed by atoms with van der Waals surface area (Å²) in [5, 5.41) is 25.3. The van der Waals surface area contributed by atoms with Gasteiger partial charge in [0.2, 0.25) is 5.82 Å². The van der Waals surface area contributed by atoms with E-state index in [9.17, 15) is 15.3 Å². The Balaban J connectivity index is 1.82. The van der Waals surface area contributed by atoms with E-state index in [2.05, 4.69) is 10.3 Å². The molecule has 0 saturated heterocycles. The van der Waals surface area contributed by atoms with Crippen LogP contribution in [0.15, 0.2) is 67.1 Å². The fourth-order valence-corrected chi connectivity index (χ4v) is 2.26. The Morgan fingerprint density at radius 3 is 2.68 bits per heavy atom. The highest BCUT2D eigenvalue weighted by atomic mass is 16.6. The lowest BCUT2D eigenvalue weighted by Gasteiger charge is -2.06. The number of nitro groups is 1. The van der Waals surface area contributed by atoms with Crippen LogP contribution in [-0.2, 0) is 0 Å². The van der Waals surface area contributed by atoms with Crippen molar-refractivity contribution in [2.45, 2.75) is 0 Å². The summed E-state index contributed by atoms with van der Waals surface area (Å²) in [6, 6.07) is 13.8. The molecule has 0 atom stereocenters. The maximum absolute atomic E-state index is 11.3. The Hall–Kier alpha value is -3.74. The zero-order valence-electron chi connectivity index (χ0n) is 13.1. The van der Waals surface area contributed by atoms with E-state index in [0.717, 1.165) is 15.9 Å². The molecule has 2 heterocycles. The van der Waals surface area contributed by atoms with E-state index in [4.69, 9.17) is 0 Å². The second kappa shape index (κ2) is 7.22. The first-order chi connectivity index (χ1) is 12.1. The van der Waals surface area contributed by atoms with Gasteiger partial charge in [-0.05, 0) is 35.9 Å². The maximum Gasteiger partial charge on any atom is 0.311 e. The van der Waals surface area contributed by atoms with E-state index in [-0.39, 0.29) is 11.5 Å². The van der Waals surface area contributed by atoms with Crippen molar-refractivity contribution in [3.63, 3.8) is 0 Å².